The van der Waals surface area contributed by atoms with Crippen molar-refractivity contribution in [1.82, 2.24) is 5.32 Å². The number of hydrogen-bond donors (Lipinski definition) is 1. The molecule has 1 fully saturated rings. The van der Waals surface area contributed by atoms with Gasteiger partial charge >= 0.3 is 6.03 Å². The molecule has 4 aromatic rings. The maximum absolute atomic E-state index is 14.1. The van der Waals surface area contributed by atoms with Crippen LogP contribution in [0.3, 0.4) is 0 Å². The number of methoxy groups -OCH3 is 2. The Hall–Kier alpha value is -5.08. The minimum Gasteiger partial charge on any atom is -0.493 e. The molecule has 3 aliphatic heterocycles. The minimum absolute atomic E-state index is 0.0779. The highest BCUT2D eigenvalue weighted by Gasteiger charge is 2.40. The molecule has 0 spiro atoms. The number of carbonyl (C=O) groups excluding carboxylic acids is 3. The molecule has 0 radical (unpaired) electrons. The minimum atomic E-state index is -0.791. The third kappa shape index (κ3) is 5.08. The molecule has 0 aromatic heterocycles. The summed E-state index contributed by atoms with van der Waals surface area (Å²) in [5.74, 6) is -0.672. The molecule has 4 amide bonds. The van der Waals surface area contributed by atoms with Gasteiger partial charge in [0.2, 0.25) is 0 Å². The lowest BCUT2D eigenvalue weighted by molar-refractivity contribution is -0.122. The van der Waals surface area contributed by atoms with E-state index >= 15 is 0 Å². The summed E-state index contributed by atoms with van der Waals surface area (Å²) in [6.07, 6.45) is 3.22. The van der Waals surface area contributed by atoms with Gasteiger partial charge in [-0.05, 0) is 71.0 Å². The molecule has 3 heterocycles. The first kappa shape index (κ1) is 29.6. The van der Waals surface area contributed by atoms with Crippen LogP contribution in [0.2, 0.25) is 5.02 Å². The van der Waals surface area contributed by atoms with E-state index in [-0.39, 0.29) is 22.4 Å². The van der Waals surface area contributed by atoms with Crippen molar-refractivity contribution in [3.05, 3.63) is 123 Å². The van der Waals surface area contributed by atoms with Gasteiger partial charge in [-0.3, -0.25) is 14.9 Å². The molecule has 2 atom stereocenters. The number of anilines is 2. The van der Waals surface area contributed by atoms with Crippen molar-refractivity contribution < 1.29 is 23.9 Å². The molecule has 232 valence electrons. The first-order valence-electron chi connectivity index (χ1n) is 15.2. The highest BCUT2D eigenvalue weighted by Crippen LogP contribution is 2.50. The van der Waals surface area contributed by atoms with E-state index < -0.39 is 17.8 Å². The van der Waals surface area contributed by atoms with Crippen LogP contribution in [0.1, 0.15) is 52.5 Å². The average Bonchev–Trinajstić information content (AvgIpc) is 3.07. The van der Waals surface area contributed by atoms with Crippen LogP contribution < -0.4 is 24.6 Å². The molecule has 1 N–H and O–H groups in total. The summed E-state index contributed by atoms with van der Waals surface area (Å²) >= 11 is 6.41. The van der Waals surface area contributed by atoms with E-state index in [0.717, 1.165) is 42.0 Å². The zero-order valence-corrected chi connectivity index (χ0v) is 26.2. The standard InChI is InChI=1S/C37H32ClN3O5/c1-45-32-19-22(18-31(38)34(32)46-2)17-30-35(42)39-37(44)41(36(30)43)25-20-28-26(23-9-5-3-6-10-23)13-15-40-16-14-27(29(21-25)33(28)40)24-11-7-4-8-12-24/h3-12,17-21,26-27H,13-16H2,1-2H3,(H,39,42,44)/b30-17+/t26-,27-/m0/s1. The molecule has 4 aromatic carbocycles. The Bertz CT molecular complexity index is 1820. The lowest BCUT2D eigenvalue weighted by Gasteiger charge is -2.44. The molecule has 7 rings (SSSR count). The van der Waals surface area contributed by atoms with E-state index in [2.05, 4.69) is 34.5 Å². The van der Waals surface area contributed by atoms with Crippen LogP contribution in [-0.2, 0) is 9.59 Å². The average molecular weight is 634 g/mol. The molecule has 0 aliphatic carbocycles. The van der Waals surface area contributed by atoms with Crippen LogP contribution in [0, 0.1) is 0 Å². The monoisotopic (exact) mass is 633 g/mol. The number of rotatable bonds is 6. The van der Waals surface area contributed by atoms with Crippen molar-refractivity contribution in [3.63, 3.8) is 0 Å². The van der Waals surface area contributed by atoms with E-state index in [1.54, 1.807) is 12.1 Å². The number of halogens is 1. The van der Waals surface area contributed by atoms with Gasteiger partial charge in [0, 0.05) is 30.6 Å². The summed E-state index contributed by atoms with van der Waals surface area (Å²) in [6, 6.07) is 27.0. The van der Waals surface area contributed by atoms with Crippen LogP contribution in [0.4, 0.5) is 16.2 Å². The largest absolute Gasteiger partial charge is 0.493 e. The van der Waals surface area contributed by atoms with Gasteiger partial charge in [-0.1, -0.05) is 72.3 Å². The molecular weight excluding hydrogens is 602 g/mol. The summed E-state index contributed by atoms with van der Waals surface area (Å²) in [6.45, 7) is 1.83. The molecule has 1 saturated heterocycles. The summed E-state index contributed by atoms with van der Waals surface area (Å²) in [7, 11) is 2.94. The van der Waals surface area contributed by atoms with Gasteiger partial charge < -0.3 is 14.4 Å². The normalized spacial score (nSPS) is 20.0. The highest BCUT2D eigenvalue weighted by atomic mass is 35.5. The summed E-state index contributed by atoms with van der Waals surface area (Å²) in [5, 5.41) is 2.63. The van der Waals surface area contributed by atoms with Gasteiger partial charge in [0.1, 0.15) is 5.57 Å². The zero-order valence-electron chi connectivity index (χ0n) is 25.5. The fourth-order valence-electron chi connectivity index (χ4n) is 7.05. The van der Waals surface area contributed by atoms with E-state index in [4.69, 9.17) is 21.1 Å². The Morgan fingerprint density at radius 3 is 1.93 bits per heavy atom. The quantitative estimate of drug-likeness (QED) is 0.184. The SMILES string of the molecule is COc1cc(/C=C2\C(=O)NC(=O)N(c3cc4c5c(c3)[C@H](c3ccccc3)CCN5CC[C@H]4c3ccccc3)C2=O)cc(Cl)c1OC. The van der Waals surface area contributed by atoms with Crippen molar-refractivity contribution in [2.24, 2.45) is 0 Å². The number of amides is 4. The van der Waals surface area contributed by atoms with Crippen LogP contribution in [-0.4, -0.2) is 45.2 Å². The summed E-state index contributed by atoms with van der Waals surface area (Å²) in [5.41, 5.74) is 6.33. The first-order valence-corrected chi connectivity index (χ1v) is 15.6. The molecule has 8 nitrogen and oxygen atoms in total. The van der Waals surface area contributed by atoms with E-state index in [0.29, 0.717) is 22.7 Å². The van der Waals surface area contributed by atoms with Gasteiger partial charge in [-0.2, -0.15) is 0 Å². The Kier molecular flexibility index (Phi) is 7.74. The molecule has 0 unspecified atom stereocenters. The Morgan fingerprint density at radius 1 is 0.804 bits per heavy atom. The predicted octanol–water partition coefficient (Wildman–Crippen LogP) is 6.90. The first-order chi connectivity index (χ1) is 22.4. The van der Waals surface area contributed by atoms with Crippen molar-refractivity contribution in [1.29, 1.82) is 0 Å². The summed E-state index contributed by atoms with van der Waals surface area (Å²) in [4.78, 5) is 44.2. The zero-order chi connectivity index (χ0) is 31.9. The van der Waals surface area contributed by atoms with Gasteiger partial charge in [0.15, 0.2) is 11.5 Å². The Balaban J connectivity index is 1.38. The number of hydrogen-bond acceptors (Lipinski definition) is 6. The second-order valence-electron chi connectivity index (χ2n) is 11.7. The smallest absolute Gasteiger partial charge is 0.335 e. The molecule has 46 heavy (non-hydrogen) atoms. The molecule has 0 saturated carbocycles. The van der Waals surface area contributed by atoms with Gasteiger partial charge in [-0.25, -0.2) is 9.69 Å². The molecule has 3 aliphatic rings. The second-order valence-corrected chi connectivity index (χ2v) is 12.1. The molecular formula is C37H32ClN3O5. The van der Waals surface area contributed by atoms with E-state index in [1.807, 2.05) is 48.5 Å². The van der Waals surface area contributed by atoms with Gasteiger partial charge in [0.25, 0.3) is 11.8 Å². The maximum Gasteiger partial charge on any atom is 0.335 e. The van der Waals surface area contributed by atoms with Crippen LogP contribution in [0.25, 0.3) is 6.08 Å². The molecule has 9 heteroatoms. The number of nitrogens with zero attached hydrogens (tertiary/aromatic N) is 2. The Morgan fingerprint density at radius 2 is 1.39 bits per heavy atom. The second kappa shape index (κ2) is 12.0. The number of benzene rings is 4. The summed E-state index contributed by atoms with van der Waals surface area (Å²) < 4.78 is 10.7. The number of ether oxygens (including phenoxy) is 2. The fourth-order valence-corrected chi connectivity index (χ4v) is 7.34. The number of imide groups is 2. The van der Waals surface area contributed by atoms with Crippen LogP contribution in [0.5, 0.6) is 11.5 Å². The predicted molar refractivity (Wildman–Crippen MR) is 178 cm³/mol. The fraction of sp³-hybridized carbons (Fsp3) is 0.216. The number of nitrogens with one attached hydrogen (secondary N) is 1. The van der Waals surface area contributed by atoms with Crippen LogP contribution in [0.15, 0.2) is 90.5 Å². The van der Waals surface area contributed by atoms with Crippen molar-refractivity contribution >= 4 is 46.9 Å². The molecule has 0 bridgehead atoms. The Labute approximate surface area is 272 Å². The van der Waals surface area contributed by atoms with Crippen molar-refractivity contribution in [2.75, 3.05) is 37.1 Å². The van der Waals surface area contributed by atoms with E-state index in [1.165, 1.54) is 37.1 Å². The number of barbiturate groups is 1. The number of carbonyl (C=O) groups is 3. The van der Waals surface area contributed by atoms with Crippen LogP contribution >= 0.6 is 11.6 Å². The maximum atomic E-state index is 14.1. The third-order valence-corrected chi connectivity index (χ3v) is 9.41. The van der Waals surface area contributed by atoms with Crippen molar-refractivity contribution in [3.8, 4) is 11.5 Å². The topological polar surface area (TPSA) is 88.2 Å². The number of urea groups is 1. The van der Waals surface area contributed by atoms with Gasteiger partial charge in [0.05, 0.1) is 24.9 Å². The van der Waals surface area contributed by atoms with Gasteiger partial charge in [-0.15, -0.1) is 0 Å². The third-order valence-electron chi connectivity index (χ3n) is 9.13. The lowest BCUT2D eigenvalue weighted by atomic mass is 9.76. The lowest BCUT2D eigenvalue weighted by Crippen LogP contribution is -2.54. The van der Waals surface area contributed by atoms with Crippen molar-refractivity contribution in [2.45, 2.75) is 24.7 Å². The van der Waals surface area contributed by atoms with E-state index in [9.17, 15) is 14.4 Å². The highest BCUT2D eigenvalue weighted by molar-refractivity contribution is 6.39.